The molecule has 0 unspecified atom stereocenters. The minimum absolute atomic E-state index is 0.0131. The molecule has 17 heavy (non-hydrogen) atoms. The normalized spacial score (nSPS) is 9.82. The van der Waals surface area contributed by atoms with Crippen molar-refractivity contribution in [3.8, 4) is 0 Å². The van der Waals surface area contributed by atoms with Gasteiger partial charge in [0.2, 0.25) is 5.78 Å². The van der Waals surface area contributed by atoms with Crippen molar-refractivity contribution in [1.29, 1.82) is 0 Å². The molecule has 1 aromatic carbocycles. The van der Waals surface area contributed by atoms with E-state index in [-0.39, 0.29) is 11.4 Å². The van der Waals surface area contributed by atoms with Gasteiger partial charge in [-0.05, 0) is 34.5 Å². The van der Waals surface area contributed by atoms with Crippen LogP contribution in [0.4, 0.5) is 11.4 Å². The van der Waals surface area contributed by atoms with E-state index in [4.69, 9.17) is 0 Å². The van der Waals surface area contributed by atoms with E-state index in [0.29, 0.717) is 10.0 Å². The van der Waals surface area contributed by atoms with Crippen LogP contribution in [-0.2, 0) is 9.59 Å². The zero-order valence-electron chi connectivity index (χ0n) is 9.11. The van der Waals surface area contributed by atoms with Crippen molar-refractivity contribution >= 4 is 39.0 Å². The summed E-state index contributed by atoms with van der Waals surface area (Å²) in [5.74, 6) is -1.61. The Morgan fingerprint density at radius 3 is 2.47 bits per heavy atom. The molecule has 7 heteroatoms. The number of nitro benzene ring substituents is 1. The van der Waals surface area contributed by atoms with Gasteiger partial charge in [0.25, 0.3) is 11.6 Å². The number of benzene rings is 1. The molecule has 0 aliphatic carbocycles. The van der Waals surface area contributed by atoms with E-state index >= 15 is 0 Å². The molecule has 0 fully saturated rings. The summed E-state index contributed by atoms with van der Waals surface area (Å²) < 4.78 is 0.360. The lowest BCUT2D eigenvalue weighted by Crippen LogP contribution is -2.20. The van der Waals surface area contributed by atoms with Gasteiger partial charge >= 0.3 is 0 Å². The second-order valence-corrected chi connectivity index (χ2v) is 4.26. The summed E-state index contributed by atoms with van der Waals surface area (Å²) >= 11 is 3.11. The molecule has 1 rings (SSSR count). The van der Waals surface area contributed by atoms with E-state index in [1.165, 1.54) is 6.07 Å². The number of carbonyl (C=O) groups is 2. The molecular weight excluding hydrogens is 292 g/mol. The Kier molecular flexibility index (Phi) is 3.95. The fourth-order valence-corrected chi connectivity index (χ4v) is 1.86. The van der Waals surface area contributed by atoms with Crippen molar-refractivity contribution in [2.75, 3.05) is 5.32 Å². The topological polar surface area (TPSA) is 89.3 Å². The highest BCUT2D eigenvalue weighted by molar-refractivity contribution is 9.10. The van der Waals surface area contributed by atoms with Crippen molar-refractivity contribution in [2.24, 2.45) is 0 Å². The van der Waals surface area contributed by atoms with Gasteiger partial charge in [-0.2, -0.15) is 0 Å². The summed E-state index contributed by atoms with van der Waals surface area (Å²) in [6.07, 6.45) is 0. The van der Waals surface area contributed by atoms with Gasteiger partial charge in [-0.3, -0.25) is 19.7 Å². The average Bonchev–Trinajstić information content (AvgIpc) is 2.20. The van der Waals surface area contributed by atoms with Gasteiger partial charge in [-0.1, -0.05) is 0 Å². The van der Waals surface area contributed by atoms with Gasteiger partial charge in [0, 0.05) is 17.5 Å². The maximum Gasteiger partial charge on any atom is 0.294 e. The van der Waals surface area contributed by atoms with Crippen LogP contribution in [-0.4, -0.2) is 16.6 Å². The third-order valence-corrected chi connectivity index (χ3v) is 2.59. The number of anilines is 1. The number of nitrogens with zero attached hydrogens (tertiary/aromatic N) is 1. The molecule has 0 aliphatic heterocycles. The number of Topliss-reactive ketones (excluding diaryl/α,β-unsaturated/α-hetero) is 1. The lowest BCUT2D eigenvalue weighted by atomic mass is 10.2. The summed E-state index contributed by atoms with van der Waals surface area (Å²) in [4.78, 5) is 32.2. The third kappa shape index (κ3) is 3.10. The summed E-state index contributed by atoms with van der Waals surface area (Å²) in [5, 5.41) is 13.0. The summed E-state index contributed by atoms with van der Waals surface area (Å²) in [6.45, 7) is 2.78. The van der Waals surface area contributed by atoms with Crippen LogP contribution in [0.5, 0.6) is 0 Å². The molecule has 90 valence electrons. The maximum atomic E-state index is 11.2. The first-order valence-corrected chi connectivity index (χ1v) is 5.38. The largest absolute Gasteiger partial charge is 0.313 e. The van der Waals surface area contributed by atoms with Gasteiger partial charge < -0.3 is 5.32 Å². The highest BCUT2D eigenvalue weighted by Gasteiger charge is 2.21. The molecule has 0 radical (unpaired) electrons. The van der Waals surface area contributed by atoms with Gasteiger partial charge in [-0.15, -0.1) is 0 Å². The monoisotopic (exact) mass is 300 g/mol. The van der Waals surface area contributed by atoms with E-state index in [0.717, 1.165) is 6.92 Å². The molecule has 0 heterocycles. The molecule has 0 aliphatic rings. The minimum atomic E-state index is -0.891. The van der Waals surface area contributed by atoms with Gasteiger partial charge in [0.05, 0.1) is 4.92 Å². The van der Waals surface area contributed by atoms with E-state index in [1.807, 2.05) is 0 Å². The standard InChI is InChI=1S/C10H9BrN2O4/c1-5-3-7(11)9(8(4-5)13(16)17)12-10(15)6(2)14/h3-4H,1-2H3,(H,12,15). The molecule has 0 saturated carbocycles. The number of ketones is 1. The number of hydrogen-bond acceptors (Lipinski definition) is 4. The van der Waals surface area contributed by atoms with Gasteiger partial charge in [-0.25, -0.2) is 0 Å². The van der Waals surface area contributed by atoms with E-state index in [2.05, 4.69) is 21.2 Å². The number of carbonyl (C=O) groups excluding carboxylic acids is 2. The average molecular weight is 301 g/mol. The molecule has 1 aromatic rings. The fourth-order valence-electron chi connectivity index (χ4n) is 1.19. The number of amides is 1. The molecule has 1 amide bonds. The molecule has 1 N–H and O–H groups in total. The zero-order valence-corrected chi connectivity index (χ0v) is 10.7. The first-order valence-electron chi connectivity index (χ1n) is 4.59. The second-order valence-electron chi connectivity index (χ2n) is 3.41. The van der Waals surface area contributed by atoms with Crippen LogP contribution in [0.2, 0.25) is 0 Å². The van der Waals surface area contributed by atoms with E-state index in [9.17, 15) is 19.7 Å². The van der Waals surface area contributed by atoms with Crippen LogP contribution in [0.3, 0.4) is 0 Å². The van der Waals surface area contributed by atoms with Crippen LogP contribution in [0.1, 0.15) is 12.5 Å². The SMILES string of the molecule is CC(=O)C(=O)Nc1c(Br)cc(C)cc1[N+](=O)[O-]. The number of halogens is 1. The third-order valence-electron chi connectivity index (χ3n) is 1.97. The predicted octanol–water partition coefficient (Wildman–Crippen LogP) is 2.19. The van der Waals surface area contributed by atoms with Crippen LogP contribution in [0.15, 0.2) is 16.6 Å². The van der Waals surface area contributed by atoms with Crippen molar-refractivity contribution in [2.45, 2.75) is 13.8 Å². The van der Waals surface area contributed by atoms with Crippen molar-refractivity contribution < 1.29 is 14.5 Å². The predicted molar refractivity (Wildman–Crippen MR) is 64.8 cm³/mol. The highest BCUT2D eigenvalue weighted by atomic mass is 79.9. The molecule has 0 bridgehead atoms. The lowest BCUT2D eigenvalue weighted by molar-refractivity contribution is -0.384. The number of hydrogen-bond donors (Lipinski definition) is 1. The molecular formula is C10H9BrN2O4. The van der Waals surface area contributed by atoms with Crippen LogP contribution in [0, 0.1) is 17.0 Å². The molecule has 0 saturated heterocycles. The maximum absolute atomic E-state index is 11.2. The first-order chi connectivity index (χ1) is 7.82. The Morgan fingerprint density at radius 1 is 1.41 bits per heavy atom. The Morgan fingerprint density at radius 2 is 2.00 bits per heavy atom. The van der Waals surface area contributed by atoms with Crippen molar-refractivity contribution in [3.63, 3.8) is 0 Å². The van der Waals surface area contributed by atoms with Gasteiger partial charge in [0.1, 0.15) is 5.69 Å². The highest BCUT2D eigenvalue weighted by Crippen LogP contribution is 2.33. The van der Waals surface area contributed by atoms with E-state index < -0.39 is 16.6 Å². The number of rotatable bonds is 3. The van der Waals surface area contributed by atoms with Crippen LogP contribution >= 0.6 is 15.9 Å². The van der Waals surface area contributed by atoms with Crippen molar-refractivity contribution in [3.05, 3.63) is 32.3 Å². The van der Waals surface area contributed by atoms with Crippen LogP contribution in [0.25, 0.3) is 0 Å². The second kappa shape index (κ2) is 5.05. The van der Waals surface area contributed by atoms with E-state index in [1.54, 1.807) is 13.0 Å². The summed E-state index contributed by atoms with van der Waals surface area (Å²) in [6, 6.07) is 2.93. The molecule has 6 nitrogen and oxygen atoms in total. The number of nitrogens with one attached hydrogen (secondary N) is 1. The first kappa shape index (κ1) is 13.3. The number of nitro groups is 1. The number of aryl methyl sites for hydroxylation is 1. The molecule has 0 spiro atoms. The van der Waals surface area contributed by atoms with Crippen LogP contribution < -0.4 is 5.32 Å². The summed E-state index contributed by atoms with van der Waals surface area (Å²) in [5.41, 5.74) is 0.400. The fraction of sp³-hybridized carbons (Fsp3) is 0.200. The quantitative estimate of drug-likeness (QED) is 0.526. The zero-order chi connectivity index (χ0) is 13.2. The summed E-state index contributed by atoms with van der Waals surface area (Å²) in [7, 11) is 0. The van der Waals surface area contributed by atoms with Crippen molar-refractivity contribution in [1.82, 2.24) is 0 Å². The Bertz CT molecular complexity index is 513. The minimum Gasteiger partial charge on any atom is -0.313 e. The Hall–Kier alpha value is -1.76. The Labute approximate surface area is 105 Å². The van der Waals surface area contributed by atoms with Gasteiger partial charge in [0.15, 0.2) is 0 Å². The Balaban J connectivity index is 3.26. The molecule has 0 aromatic heterocycles. The molecule has 0 atom stereocenters. The smallest absolute Gasteiger partial charge is 0.294 e. The lowest BCUT2D eigenvalue weighted by Gasteiger charge is -2.07.